The highest BCUT2D eigenvalue weighted by Gasteiger charge is 2.36. The van der Waals surface area contributed by atoms with Crippen molar-refractivity contribution in [2.75, 3.05) is 11.9 Å². The summed E-state index contributed by atoms with van der Waals surface area (Å²) in [7, 11) is 0. The van der Waals surface area contributed by atoms with Crippen LogP contribution in [0.3, 0.4) is 0 Å². The van der Waals surface area contributed by atoms with Crippen LogP contribution in [0.5, 0.6) is 5.75 Å². The van der Waals surface area contributed by atoms with E-state index in [-0.39, 0.29) is 12.1 Å². The molecule has 184 valence electrons. The first-order chi connectivity index (χ1) is 17.6. The maximum Gasteiger partial charge on any atom is 0.322 e. The highest BCUT2D eigenvalue weighted by atomic mass is 35.5. The minimum Gasteiger partial charge on any atom is -0.494 e. The molecule has 0 fully saturated rings. The number of thiophene rings is 1. The number of anilines is 1. The maximum atomic E-state index is 14.0. The van der Waals surface area contributed by atoms with Crippen molar-refractivity contribution in [2.24, 2.45) is 0 Å². The third kappa shape index (κ3) is 4.18. The molecule has 0 saturated carbocycles. The van der Waals surface area contributed by atoms with Gasteiger partial charge in [-0.25, -0.2) is 4.79 Å². The standard InChI is InChI=1S/C29H28ClN3O2S/c1-2-35-22-14-12-21(13-15-22)31-29(34)33-18-24-23-9-3-4-11-26(23)36-28(24)32-16-6-10-25(32)27(33)19-7-5-8-20(30)17-19/h5-8,10,12-17,27H,2-4,9,11,18H2,1H3,(H,31,34). The van der Waals surface area contributed by atoms with Crippen molar-refractivity contribution in [3.05, 3.63) is 99.1 Å². The molecule has 6 rings (SSSR count). The lowest BCUT2D eigenvalue weighted by molar-refractivity contribution is 0.194. The van der Waals surface area contributed by atoms with Gasteiger partial charge >= 0.3 is 6.03 Å². The Bertz CT molecular complexity index is 1410. The normalized spacial score (nSPS) is 16.5. The average Bonchev–Trinajstić information content (AvgIpc) is 3.47. The van der Waals surface area contributed by atoms with E-state index in [0.717, 1.165) is 35.5 Å². The van der Waals surface area contributed by atoms with E-state index in [1.54, 1.807) is 0 Å². The second-order valence-electron chi connectivity index (χ2n) is 9.27. The lowest BCUT2D eigenvalue weighted by atomic mass is 9.95. The third-order valence-corrected chi connectivity index (χ3v) is 8.59. The molecular formula is C29H28ClN3O2S. The van der Waals surface area contributed by atoms with E-state index in [9.17, 15) is 4.79 Å². The fourth-order valence-electron chi connectivity index (χ4n) is 5.41. The summed E-state index contributed by atoms with van der Waals surface area (Å²) in [4.78, 5) is 17.4. The van der Waals surface area contributed by atoms with Crippen molar-refractivity contribution in [3.8, 4) is 10.8 Å². The second-order valence-corrected chi connectivity index (χ2v) is 10.8. The first kappa shape index (κ1) is 23.2. The molecule has 4 aromatic rings. The van der Waals surface area contributed by atoms with E-state index in [1.807, 2.05) is 65.6 Å². The van der Waals surface area contributed by atoms with Gasteiger partial charge in [-0.3, -0.25) is 0 Å². The van der Waals surface area contributed by atoms with Gasteiger partial charge < -0.3 is 19.5 Å². The zero-order chi connectivity index (χ0) is 24.6. The molecule has 5 nitrogen and oxygen atoms in total. The van der Waals surface area contributed by atoms with Gasteiger partial charge in [0.25, 0.3) is 0 Å². The summed E-state index contributed by atoms with van der Waals surface area (Å²) in [5, 5.41) is 5.04. The Morgan fingerprint density at radius 3 is 2.72 bits per heavy atom. The van der Waals surface area contributed by atoms with Crippen LogP contribution < -0.4 is 10.1 Å². The molecule has 1 N–H and O–H groups in total. The lowest BCUT2D eigenvalue weighted by Gasteiger charge is -2.31. The van der Waals surface area contributed by atoms with Gasteiger partial charge in [0.15, 0.2) is 0 Å². The molecule has 1 aliphatic heterocycles. The first-order valence-corrected chi connectivity index (χ1v) is 13.7. The number of halogens is 1. The van der Waals surface area contributed by atoms with Gasteiger partial charge in [0.2, 0.25) is 0 Å². The summed E-state index contributed by atoms with van der Waals surface area (Å²) in [6, 6.07) is 19.2. The van der Waals surface area contributed by atoms with Crippen molar-refractivity contribution in [1.82, 2.24) is 9.47 Å². The molecule has 0 spiro atoms. The summed E-state index contributed by atoms with van der Waals surface area (Å²) in [5.41, 5.74) is 5.51. The predicted molar refractivity (Wildman–Crippen MR) is 146 cm³/mol. The Morgan fingerprint density at radius 1 is 1.08 bits per heavy atom. The minimum absolute atomic E-state index is 0.138. The largest absolute Gasteiger partial charge is 0.494 e. The van der Waals surface area contributed by atoms with E-state index < -0.39 is 0 Å². The number of nitrogens with zero attached hydrogens (tertiary/aromatic N) is 2. The molecular weight excluding hydrogens is 490 g/mol. The molecule has 2 aromatic heterocycles. The van der Waals surface area contributed by atoms with Crippen molar-refractivity contribution in [2.45, 2.75) is 45.2 Å². The minimum atomic E-state index is -0.278. The number of hydrogen-bond donors (Lipinski definition) is 1. The van der Waals surface area contributed by atoms with E-state index >= 15 is 0 Å². The molecule has 0 saturated heterocycles. The van der Waals surface area contributed by atoms with Crippen LogP contribution in [0.15, 0.2) is 66.9 Å². The van der Waals surface area contributed by atoms with Gasteiger partial charge in [-0.1, -0.05) is 23.7 Å². The maximum absolute atomic E-state index is 14.0. The van der Waals surface area contributed by atoms with Crippen LogP contribution in [0.2, 0.25) is 5.02 Å². The number of urea groups is 1. The molecule has 7 heteroatoms. The van der Waals surface area contributed by atoms with Crippen LogP contribution in [0, 0.1) is 0 Å². The van der Waals surface area contributed by atoms with Gasteiger partial charge in [-0.2, -0.15) is 0 Å². The number of hydrogen-bond acceptors (Lipinski definition) is 3. The zero-order valence-corrected chi connectivity index (χ0v) is 21.7. The van der Waals surface area contributed by atoms with E-state index in [1.165, 1.54) is 33.8 Å². The van der Waals surface area contributed by atoms with Crippen LogP contribution in [0.25, 0.3) is 5.00 Å². The molecule has 2 amide bonds. The van der Waals surface area contributed by atoms with Gasteiger partial charge in [0.05, 0.1) is 24.9 Å². The van der Waals surface area contributed by atoms with Crippen molar-refractivity contribution in [3.63, 3.8) is 0 Å². The number of nitrogens with one attached hydrogen (secondary N) is 1. The smallest absolute Gasteiger partial charge is 0.322 e. The second kappa shape index (κ2) is 9.68. The Balaban J connectivity index is 1.44. The summed E-state index contributed by atoms with van der Waals surface area (Å²) in [6.45, 7) is 3.11. The fourth-order valence-corrected chi connectivity index (χ4v) is 7.01. The van der Waals surface area contributed by atoms with Crippen LogP contribution in [0.4, 0.5) is 10.5 Å². The Labute approximate surface area is 220 Å². The summed E-state index contributed by atoms with van der Waals surface area (Å²) >= 11 is 8.32. The van der Waals surface area contributed by atoms with Gasteiger partial charge in [0, 0.05) is 27.3 Å². The number of fused-ring (bicyclic) bond motifs is 5. The monoisotopic (exact) mass is 517 g/mol. The number of aryl methyl sites for hydroxylation is 1. The average molecular weight is 518 g/mol. The van der Waals surface area contributed by atoms with Crippen molar-refractivity contribution >= 4 is 34.7 Å². The lowest BCUT2D eigenvalue weighted by Crippen LogP contribution is -2.38. The van der Waals surface area contributed by atoms with E-state index in [2.05, 4.69) is 34.3 Å². The molecule has 3 heterocycles. The predicted octanol–water partition coefficient (Wildman–Crippen LogP) is 7.61. The molecule has 1 unspecified atom stereocenters. The number of carbonyl (C=O) groups is 1. The topological polar surface area (TPSA) is 46.5 Å². The van der Waals surface area contributed by atoms with E-state index in [4.69, 9.17) is 16.3 Å². The number of aromatic nitrogens is 1. The molecule has 0 radical (unpaired) electrons. The number of ether oxygens (including phenoxy) is 1. The Morgan fingerprint density at radius 2 is 1.92 bits per heavy atom. The van der Waals surface area contributed by atoms with Crippen LogP contribution in [-0.4, -0.2) is 22.1 Å². The SMILES string of the molecule is CCOc1ccc(NC(=O)N2Cc3c(sc4c3CCCC4)-n3cccc3C2c2cccc(Cl)c2)cc1. The quantitative estimate of drug-likeness (QED) is 0.303. The Kier molecular flexibility index (Phi) is 6.23. The number of amides is 2. The number of carbonyl (C=O) groups excluding carboxylic acids is 1. The summed E-state index contributed by atoms with van der Waals surface area (Å²) in [5.74, 6) is 0.787. The first-order valence-electron chi connectivity index (χ1n) is 12.5. The van der Waals surface area contributed by atoms with E-state index in [0.29, 0.717) is 18.2 Å². The van der Waals surface area contributed by atoms with Crippen molar-refractivity contribution < 1.29 is 9.53 Å². The zero-order valence-electron chi connectivity index (χ0n) is 20.2. The molecule has 1 aliphatic carbocycles. The summed E-state index contributed by atoms with van der Waals surface area (Å²) < 4.78 is 7.85. The fraction of sp³-hybridized carbons (Fsp3) is 0.276. The number of benzene rings is 2. The molecule has 2 aromatic carbocycles. The molecule has 1 atom stereocenters. The molecule has 36 heavy (non-hydrogen) atoms. The Hall–Kier alpha value is -3.22. The third-order valence-electron chi connectivity index (χ3n) is 7.02. The van der Waals surface area contributed by atoms with Crippen LogP contribution in [-0.2, 0) is 19.4 Å². The molecule has 2 aliphatic rings. The highest BCUT2D eigenvalue weighted by Crippen LogP contribution is 2.44. The molecule has 0 bridgehead atoms. The van der Waals surface area contributed by atoms with Crippen molar-refractivity contribution in [1.29, 1.82) is 0 Å². The van der Waals surface area contributed by atoms with Gasteiger partial charge in [-0.15, -0.1) is 11.3 Å². The highest BCUT2D eigenvalue weighted by molar-refractivity contribution is 7.15. The van der Waals surface area contributed by atoms with Crippen LogP contribution >= 0.6 is 22.9 Å². The summed E-state index contributed by atoms with van der Waals surface area (Å²) in [6.07, 6.45) is 6.76. The van der Waals surface area contributed by atoms with Gasteiger partial charge in [0.1, 0.15) is 10.8 Å². The number of rotatable bonds is 4. The van der Waals surface area contributed by atoms with Gasteiger partial charge in [-0.05, 0) is 92.3 Å². The van der Waals surface area contributed by atoms with Crippen LogP contribution in [0.1, 0.15) is 53.1 Å².